The highest BCUT2D eigenvalue weighted by atomic mass is 32.1. The van der Waals surface area contributed by atoms with Gasteiger partial charge in [0.25, 0.3) is 0 Å². The average Bonchev–Trinajstić information content (AvgIpc) is 2.88. The summed E-state index contributed by atoms with van der Waals surface area (Å²) < 4.78 is 0. The minimum atomic E-state index is -0.857. The van der Waals surface area contributed by atoms with Gasteiger partial charge < -0.3 is 10.4 Å². The monoisotopic (exact) mass is 255 g/mol. The zero-order chi connectivity index (χ0) is 12.3. The molecule has 1 saturated heterocycles. The summed E-state index contributed by atoms with van der Waals surface area (Å²) in [6, 6.07) is -0.531. The second kappa shape index (κ2) is 5.24. The molecule has 1 aromatic heterocycles. The number of amides is 1. The number of carbonyl (C=O) groups is 2. The smallest absolute Gasteiger partial charge is 0.320 e. The Balaban J connectivity index is 1.88. The minimum Gasteiger partial charge on any atom is -0.480 e. The third-order valence-corrected chi connectivity index (χ3v) is 3.36. The number of nitrogens with one attached hydrogen (secondary N) is 1. The van der Waals surface area contributed by atoms with Crippen LogP contribution in [-0.4, -0.2) is 46.0 Å². The third-order valence-electron chi connectivity index (χ3n) is 2.67. The van der Waals surface area contributed by atoms with E-state index in [4.69, 9.17) is 5.11 Å². The molecule has 0 aromatic carbocycles. The van der Waals surface area contributed by atoms with Gasteiger partial charge in [-0.05, 0) is 19.4 Å². The zero-order valence-corrected chi connectivity index (χ0v) is 9.94. The van der Waals surface area contributed by atoms with Crippen molar-refractivity contribution in [2.45, 2.75) is 18.9 Å². The van der Waals surface area contributed by atoms with Crippen molar-refractivity contribution in [1.82, 2.24) is 9.88 Å². The van der Waals surface area contributed by atoms with Crippen LogP contribution in [0.4, 0.5) is 5.13 Å². The molecule has 7 heteroatoms. The molecule has 0 spiro atoms. The maximum absolute atomic E-state index is 11.7. The summed E-state index contributed by atoms with van der Waals surface area (Å²) in [5, 5.41) is 13.9. The molecule has 0 saturated carbocycles. The molecule has 1 atom stereocenters. The van der Waals surface area contributed by atoms with Crippen LogP contribution >= 0.6 is 11.3 Å². The second-order valence-corrected chi connectivity index (χ2v) is 4.75. The Bertz CT molecular complexity index is 407. The first kappa shape index (κ1) is 12.0. The van der Waals surface area contributed by atoms with Gasteiger partial charge in [0.2, 0.25) is 5.91 Å². The number of thiazole rings is 1. The first-order chi connectivity index (χ1) is 8.16. The van der Waals surface area contributed by atoms with Crippen molar-refractivity contribution in [1.29, 1.82) is 0 Å². The van der Waals surface area contributed by atoms with Crippen LogP contribution in [0.5, 0.6) is 0 Å². The van der Waals surface area contributed by atoms with E-state index in [1.807, 2.05) is 0 Å². The first-order valence-corrected chi connectivity index (χ1v) is 6.21. The van der Waals surface area contributed by atoms with Crippen LogP contribution in [0.3, 0.4) is 0 Å². The van der Waals surface area contributed by atoms with E-state index in [0.717, 1.165) is 6.42 Å². The van der Waals surface area contributed by atoms with E-state index in [2.05, 4.69) is 10.3 Å². The third kappa shape index (κ3) is 3.01. The zero-order valence-electron chi connectivity index (χ0n) is 9.13. The molecular formula is C10H13N3O3S. The van der Waals surface area contributed by atoms with Crippen LogP contribution in [0.25, 0.3) is 0 Å². The quantitative estimate of drug-likeness (QED) is 0.824. The summed E-state index contributed by atoms with van der Waals surface area (Å²) in [6.45, 7) is 0.763. The molecular weight excluding hydrogens is 242 g/mol. The van der Waals surface area contributed by atoms with Crippen molar-refractivity contribution in [3.05, 3.63) is 11.6 Å². The van der Waals surface area contributed by atoms with Gasteiger partial charge in [-0.2, -0.15) is 0 Å². The first-order valence-electron chi connectivity index (χ1n) is 5.33. The Morgan fingerprint density at radius 2 is 2.47 bits per heavy atom. The van der Waals surface area contributed by atoms with Crippen LogP contribution in [0.2, 0.25) is 0 Å². The van der Waals surface area contributed by atoms with Crippen molar-refractivity contribution < 1.29 is 14.7 Å². The molecule has 1 aromatic rings. The van der Waals surface area contributed by atoms with E-state index in [0.29, 0.717) is 18.1 Å². The number of carbonyl (C=O) groups excluding carboxylic acids is 1. The maximum Gasteiger partial charge on any atom is 0.320 e. The average molecular weight is 255 g/mol. The van der Waals surface area contributed by atoms with E-state index in [9.17, 15) is 9.59 Å². The van der Waals surface area contributed by atoms with Crippen molar-refractivity contribution in [2.75, 3.05) is 18.4 Å². The Morgan fingerprint density at radius 1 is 1.65 bits per heavy atom. The van der Waals surface area contributed by atoms with Gasteiger partial charge in [0.15, 0.2) is 5.13 Å². The second-order valence-electron chi connectivity index (χ2n) is 3.85. The Morgan fingerprint density at radius 3 is 3.12 bits per heavy atom. The lowest BCUT2D eigenvalue weighted by Gasteiger charge is -2.19. The largest absolute Gasteiger partial charge is 0.480 e. The van der Waals surface area contributed by atoms with Gasteiger partial charge in [0, 0.05) is 11.6 Å². The SMILES string of the molecule is O=C(CN1CCC[C@H]1C(=O)O)Nc1nccs1. The predicted octanol–water partition coefficient (Wildman–Crippen LogP) is 0.631. The summed E-state index contributed by atoms with van der Waals surface area (Å²) in [5.74, 6) is -1.07. The van der Waals surface area contributed by atoms with Crippen LogP contribution in [0, 0.1) is 0 Å². The lowest BCUT2D eigenvalue weighted by molar-refractivity contribution is -0.142. The van der Waals surface area contributed by atoms with E-state index in [1.165, 1.54) is 11.3 Å². The molecule has 1 aliphatic heterocycles. The number of rotatable bonds is 4. The van der Waals surface area contributed by atoms with E-state index >= 15 is 0 Å². The molecule has 2 heterocycles. The highest BCUT2D eigenvalue weighted by Gasteiger charge is 2.31. The molecule has 0 bridgehead atoms. The summed E-state index contributed by atoms with van der Waals surface area (Å²) in [5.41, 5.74) is 0. The van der Waals surface area contributed by atoms with Crippen LogP contribution in [0.1, 0.15) is 12.8 Å². The Hall–Kier alpha value is -1.47. The minimum absolute atomic E-state index is 0.108. The Kier molecular flexibility index (Phi) is 3.70. The molecule has 2 rings (SSSR count). The van der Waals surface area contributed by atoms with Crippen molar-refractivity contribution >= 4 is 28.3 Å². The lowest BCUT2D eigenvalue weighted by Crippen LogP contribution is -2.40. The fourth-order valence-electron chi connectivity index (χ4n) is 1.92. The van der Waals surface area contributed by atoms with Crippen molar-refractivity contribution in [3.63, 3.8) is 0 Å². The fourth-order valence-corrected chi connectivity index (χ4v) is 2.47. The molecule has 6 nitrogen and oxygen atoms in total. The maximum atomic E-state index is 11.7. The molecule has 0 unspecified atom stereocenters. The summed E-state index contributed by atoms with van der Waals surface area (Å²) >= 11 is 1.34. The summed E-state index contributed by atoms with van der Waals surface area (Å²) in [7, 11) is 0. The van der Waals surface area contributed by atoms with E-state index in [1.54, 1.807) is 16.5 Å². The fraction of sp³-hybridized carbons (Fsp3) is 0.500. The van der Waals surface area contributed by atoms with Gasteiger partial charge in [0.1, 0.15) is 6.04 Å². The number of carboxylic acids is 1. The topological polar surface area (TPSA) is 82.5 Å². The van der Waals surface area contributed by atoms with Gasteiger partial charge in [-0.15, -0.1) is 11.3 Å². The standard InChI is InChI=1S/C10H13N3O3S/c14-8(12-10-11-3-5-17-10)6-13-4-1-2-7(13)9(15)16/h3,5,7H,1-2,4,6H2,(H,15,16)(H,11,12,14)/t7-/m0/s1. The van der Waals surface area contributed by atoms with Crippen LogP contribution in [0.15, 0.2) is 11.6 Å². The summed E-state index contributed by atoms with van der Waals surface area (Å²) in [4.78, 5) is 28.2. The number of nitrogens with zero attached hydrogens (tertiary/aromatic N) is 2. The summed E-state index contributed by atoms with van der Waals surface area (Å²) in [6.07, 6.45) is 3.04. The van der Waals surface area contributed by atoms with Gasteiger partial charge in [-0.1, -0.05) is 0 Å². The van der Waals surface area contributed by atoms with Gasteiger partial charge in [-0.3, -0.25) is 14.5 Å². The van der Waals surface area contributed by atoms with Crippen molar-refractivity contribution in [2.24, 2.45) is 0 Å². The van der Waals surface area contributed by atoms with Crippen LogP contribution in [-0.2, 0) is 9.59 Å². The molecule has 92 valence electrons. The number of aliphatic carboxylic acids is 1. The molecule has 2 N–H and O–H groups in total. The van der Waals surface area contributed by atoms with Crippen molar-refractivity contribution in [3.8, 4) is 0 Å². The van der Waals surface area contributed by atoms with E-state index in [-0.39, 0.29) is 12.5 Å². The normalized spacial score (nSPS) is 20.4. The molecule has 1 aliphatic rings. The predicted molar refractivity (Wildman–Crippen MR) is 63.0 cm³/mol. The highest BCUT2D eigenvalue weighted by molar-refractivity contribution is 7.13. The van der Waals surface area contributed by atoms with Crippen LogP contribution < -0.4 is 5.32 Å². The number of aromatic nitrogens is 1. The van der Waals surface area contributed by atoms with E-state index < -0.39 is 12.0 Å². The molecule has 0 radical (unpaired) electrons. The van der Waals surface area contributed by atoms with Gasteiger partial charge in [-0.25, -0.2) is 4.98 Å². The number of hydrogen-bond donors (Lipinski definition) is 2. The molecule has 1 fully saturated rings. The molecule has 1 amide bonds. The molecule has 0 aliphatic carbocycles. The number of hydrogen-bond acceptors (Lipinski definition) is 5. The number of anilines is 1. The highest BCUT2D eigenvalue weighted by Crippen LogP contribution is 2.17. The van der Waals surface area contributed by atoms with Gasteiger partial charge in [0.05, 0.1) is 6.54 Å². The lowest BCUT2D eigenvalue weighted by atomic mass is 10.2. The number of carboxylic acid groups (broad SMARTS) is 1. The van der Waals surface area contributed by atoms with Gasteiger partial charge >= 0.3 is 5.97 Å². The number of likely N-dealkylation sites (tertiary alicyclic amines) is 1. The molecule has 17 heavy (non-hydrogen) atoms. The Labute approximate surface area is 102 Å².